The van der Waals surface area contributed by atoms with E-state index in [9.17, 15) is 13.2 Å². The van der Waals surface area contributed by atoms with E-state index in [0.29, 0.717) is 23.5 Å². The largest absolute Gasteiger partial charge is 0.438 e. The number of benzene rings is 1. The van der Waals surface area contributed by atoms with Gasteiger partial charge < -0.3 is 9.73 Å². The van der Waals surface area contributed by atoms with E-state index in [0.717, 1.165) is 0 Å². The summed E-state index contributed by atoms with van der Waals surface area (Å²) in [6.07, 6.45) is 2.28. The lowest BCUT2D eigenvalue weighted by molar-refractivity contribution is 0.0881. The molecule has 0 atom stereocenters. The highest BCUT2D eigenvalue weighted by Gasteiger charge is 2.40. The third-order valence-corrected chi connectivity index (χ3v) is 5.95. The van der Waals surface area contributed by atoms with Crippen LogP contribution in [0.2, 0.25) is 0 Å². The average molecular weight is 320 g/mol. The van der Waals surface area contributed by atoms with Crippen molar-refractivity contribution < 1.29 is 17.6 Å². The van der Waals surface area contributed by atoms with Crippen molar-refractivity contribution in [2.45, 2.75) is 36.0 Å². The molecule has 0 radical (unpaired) electrons. The Balaban J connectivity index is 1.59. The molecule has 1 fully saturated rings. The van der Waals surface area contributed by atoms with Crippen molar-refractivity contribution >= 4 is 15.7 Å². The van der Waals surface area contributed by atoms with Gasteiger partial charge in [0.25, 0.3) is 5.89 Å². The van der Waals surface area contributed by atoms with Gasteiger partial charge in [-0.05, 0) is 31.9 Å². The number of rotatable bonds is 4. The van der Waals surface area contributed by atoms with Crippen LogP contribution in [0.1, 0.15) is 29.3 Å². The molecule has 1 saturated carbocycles. The van der Waals surface area contributed by atoms with Gasteiger partial charge in [0.05, 0.1) is 16.3 Å². The fourth-order valence-electron chi connectivity index (χ4n) is 2.45. The Morgan fingerprint density at radius 3 is 2.55 bits per heavy atom. The van der Waals surface area contributed by atoms with Gasteiger partial charge in [-0.1, -0.05) is 18.2 Å². The van der Waals surface area contributed by atoms with E-state index in [1.807, 2.05) is 0 Å². The Labute approximate surface area is 128 Å². The van der Waals surface area contributed by atoms with Gasteiger partial charge in [-0.25, -0.2) is 13.4 Å². The Bertz CT molecular complexity index is 777. The minimum Gasteiger partial charge on any atom is -0.438 e. The second kappa shape index (κ2) is 5.57. The Hall–Kier alpha value is -2.15. The monoisotopic (exact) mass is 320 g/mol. The number of amides is 1. The number of carbonyl (C=O) groups is 1. The molecule has 2 aromatic rings. The van der Waals surface area contributed by atoms with E-state index in [1.165, 1.54) is 6.20 Å². The first kappa shape index (κ1) is 14.8. The van der Waals surface area contributed by atoms with Gasteiger partial charge in [-0.3, -0.25) is 4.79 Å². The normalized spacial score (nSPS) is 21.1. The summed E-state index contributed by atoms with van der Waals surface area (Å²) in [4.78, 5) is 16.0. The van der Waals surface area contributed by atoms with Crippen LogP contribution in [0, 0.1) is 6.92 Å². The number of aryl methyl sites for hydroxylation is 1. The minimum atomic E-state index is -3.32. The predicted octanol–water partition coefficient (Wildman–Crippen LogP) is 1.72. The van der Waals surface area contributed by atoms with Crippen LogP contribution < -0.4 is 5.32 Å². The van der Waals surface area contributed by atoms with Crippen LogP contribution in [-0.2, 0) is 9.84 Å². The maximum atomic E-state index is 12.4. The molecule has 1 aliphatic rings. The molecule has 0 unspecified atom stereocenters. The lowest BCUT2D eigenvalue weighted by Gasteiger charge is -2.34. The number of carbonyl (C=O) groups excluding carboxylic acids is 1. The highest BCUT2D eigenvalue weighted by molar-refractivity contribution is 7.92. The molecule has 1 N–H and O–H groups in total. The number of nitrogens with zero attached hydrogens (tertiary/aromatic N) is 1. The SMILES string of the molecule is Cc1cnc(C(=O)NC2CC(S(=O)(=O)c3ccccc3)C2)o1. The van der Waals surface area contributed by atoms with Crippen molar-refractivity contribution in [2.75, 3.05) is 0 Å². The standard InChI is InChI=1S/C15H16N2O4S/c1-10-9-16-15(21-10)14(18)17-11-7-13(8-11)22(19,20)12-5-3-2-4-6-12/h2-6,9,11,13H,7-8H2,1H3,(H,17,18). The van der Waals surface area contributed by atoms with Gasteiger partial charge >= 0.3 is 5.91 Å². The summed E-state index contributed by atoms with van der Waals surface area (Å²) in [5.74, 6) is 0.156. The molecule has 0 bridgehead atoms. The van der Waals surface area contributed by atoms with Crippen molar-refractivity contribution in [3.63, 3.8) is 0 Å². The van der Waals surface area contributed by atoms with Crippen LogP contribution in [0.3, 0.4) is 0 Å². The van der Waals surface area contributed by atoms with Gasteiger partial charge in [0.1, 0.15) is 5.76 Å². The first-order valence-electron chi connectivity index (χ1n) is 6.99. The number of sulfone groups is 1. The van der Waals surface area contributed by atoms with Gasteiger partial charge in [-0.15, -0.1) is 0 Å². The van der Waals surface area contributed by atoms with E-state index >= 15 is 0 Å². The molecular weight excluding hydrogens is 304 g/mol. The van der Waals surface area contributed by atoms with Crippen molar-refractivity contribution in [2.24, 2.45) is 0 Å². The lowest BCUT2D eigenvalue weighted by atomic mass is 9.92. The molecule has 1 aromatic heterocycles. The molecule has 3 rings (SSSR count). The van der Waals surface area contributed by atoms with Crippen LogP contribution in [0.4, 0.5) is 0 Å². The topological polar surface area (TPSA) is 89.3 Å². The second-order valence-corrected chi connectivity index (χ2v) is 7.63. The summed E-state index contributed by atoms with van der Waals surface area (Å²) < 4.78 is 29.9. The smallest absolute Gasteiger partial charge is 0.307 e. The molecule has 0 aliphatic heterocycles. The molecule has 22 heavy (non-hydrogen) atoms. The number of aromatic nitrogens is 1. The van der Waals surface area contributed by atoms with Crippen LogP contribution in [-0.4, -0.2) is 30.6 Å². The van der Waals surface area contributed by atoms with Crippen molar-refractivity contribution in [3.8, 4) is 0 Å². The maximum Gasteiger partial charge on any atom is 0.307 e. The first-order valence-corrected chi connectivity index (χ1v) is 8.53. The van der Waals surface area contributed by atoms with Crippen LogP contribution >= 0.6 is 0 Å². The average Bonchev–Trinajstić information content (AvgIpc) is 2.89. The minimum absolute atomic E-state index is 0.00636. The van der Waals surface area contributed by atoms with Gasteiger partial charge in [-0.2, -0.15) is 0 Å². The summed E-state index contributed by atoms with van der Waals surface area (Å²) in [6, 6.07) is 8.21. The number of nitrogens with one attached hydrogen (secondary N) is 1. The van der Waals surface area contributed by atoms with Gasteiger partial charge in [0.2, 0.25) is 0 Å². The summed E-state index contributed by atoms with van der Waals surface area (Å²) >= 11 is 0. The predicted molar refractivity (Wildman–Crippen MR) is 79.1 cm³/mol. The van der Waals surface area contributed by atoms with Crippen LogP contribution in [0.25, 0.3) is 0 Å². The van der Waals surface area contributed by atoms with Gasteiger partial charge in [0, 0.05) is 6.04 Å². The molecule has 1 amide bonds. The molecule has 7 heteroatoms. The molecule has 1 aromatic carbocycles. The summed E-state index contributed by atoms with van der Waals surface area (Å²) in [6.45, 7) is 1.70. The van der Waals surface area contributed by atoms with E-state index in [-0.39, 0.29) is 11.9 Å². The van der Waals surface area contributed by atoms with Crippen LogP contribution in [0.5, 0.6) is 0 Å². The van der Waals surface area contributed by atoms with E-state index in [4.69, 9.17) is 4.42 Å². The number of oxazole rings is 1. The molecular formula is C15H16N2O4S. The van der Waals surface area contributed by atoms with Crippen molar-refractivity contribution in [1.29, 1.82) is 0 Å². The van der Waals surface area contributed by atoms with E-state index in [1.54, 1.807) is 37.3 Å². The Kier molecular flexibility index (Phi) is 3.74. The third-order valence-electron chi connectivity index (χ3n) is 3.76. The Morgan fingerprint density at radius 1 is 1.27 bits per heavy atom. The molecule has 116 valence electrons. The zero-order valence-corrected chi connectivity index (χ0v) is 12.8. The summed E-state index contributed by atoms with van der Waals surface area (Å²) in [5, 5.41) is 2.29. The summed E-state index contributed by atoms with van der Waals surface area (Å²) in [7, 11) is -3.32. The first-order chi connectivity index (χ1) is 10.5. The summed E-state index contributed by atoms with van der Waals surface area (Å²) in [5.41, 5.74) is 0. The Morgan fingerprint density at radius 2 is 1.95 bits per heavy atom. The third kappa shape index (κ3) is 2.76. The zero-order valence-electron chi connectivity index (χ0n) is 12.0. The van der Waals surface area contributed by atoms with Crippen molar-refractivity contribution in [3.05, 3.63) is 48.2 Å². The van der Waals surface area contributed by atoms with E-state index in [2.05, 4.69) is 10.3 Å². The fraction of sp³-hybridized carbons (Fsp3) is 0.333. The maximum absolute atomic E-state index is 12.4. The van der Waals surface area contributed by atoms with E-state index < -0.39 is 21.0 Å². The zero-order chi connectivity index (χ0) is 15.7. The molecule has 1 aliphatic carbocycles. The molecule has 0 saturated heterocycles. The number of hydrogen-bond acceptors (Lipinski definition) is 5. The van der Waals surface area contributed by atoms with Crippen LogP contribution in [0.15, 0.2) is 45.8 Å². The lowest BCUT2D eigenvalue weighted by Crippen LogP contribution is -2.49. The fourth-order valence-corrected chi connectivity index (χ4v) is 4.34. The molecule has 0 spiro atoms. The van der Waals surface area contributed by atoms with Crippen molar-refractivity contribution in [1.82, 2.24) is 10.3 Å². The molecule has 6 nitrogen and oxygen atoms in total. The highest BCUT2D eigenvalue weighted by Crippen LogP contribution is 2.31. The second-order valence-electron chi connectivity index (χ2n) is 5.40. The number of hydrogen-bond donors (Lipinski definition) is 1. The molecule has 1 heterocycles. The quantitative estimate of drug-likeness (QED) is 0.926. The highest BCUT2D eigenvalue weighted by atomic mass is 32.2. The van der Waals surface area contributed by atoms with Gasteiger partial charge in [0.15, 0.2) is 9.84 Å².